The summed E-state index contributed by atoms with van der Waals surface area (Å²) in [7, 11) is -4.20. The maximum Gasteiger partial charge on any atom is 0.266 e. The van der Waals surface area contributed by atoms with Crippen LogP contribution in [0.1, 0.15) is 24.8 Å². The van der Waals surface area contributed by atoms with Gasteiger partial charge in [0.15, 0.2) is 5.82 Å². The molecule has 1 aliphatic rings. The van der Waals surface area contributed by atoms with Crippen LogP contribution >= 0.6 is 22.9 Å². The van der Waals surface area contributed by atoms with Gasteiger partial charge in [-0.05, 0) is 48.6 Å². The lowest BCUT2D eigenvalue weighted by Crippen LogP contribution is -2.18. The summed E-state index contributed by atoms with van der Waals surface area (Å²) in [6.45, 7) is 0.228. The SMILES string of the molecule is O=S(=O)(Nc1cscn1)c1cc(Cl)c(OCC2CCCC=C2c2ccc(F)cc2)cc1F. The van der Waals surface area contributed by atoms with Gasteiger partial charge in [-0.2, -0.15) is 0 Å². The van der Waals surface area contributed by atoms with Crippen molar-refractivity contribution in [1.29, 1.82) is 0 Å². The predicted octanol–water partition coefficient (Wildman–Crippen LogP) is 6.14. The number of benzene rings is 2. The fraction of sp³-hybridized carbons (Fsp3) is 0.227. The number of aromatic nitrogens is 1. The van der Waals surface area contributed by atoms with Gasteiger partial charge in [0.25, 0.3) is 10.0 Å². The Labute approximate surface area is 193 Å². The molecule has 4 rings (SSSR count). The number of ether oxygens (including phenoxy) is 1. The second kappa shape index (κ2) is 9.56. The number of anilines is 1. The molecule has 10 heteroatoms. The van der Waals surface area contributed by atoms with E-state index < -0.39 is 20.7 Å². The summed E-state index contributed by atoms with van der Waals surface area (Å²) in [5.74, 6) is -1.11. The Hall–Kier alpha value is -2.49. The molecule has 0 bridgehead atoms. The third-order valence-corrected chi connectivity index (χ3v) is 7.38. The lowest BCUT2D eigenvalue weighted by Gasteiger charge is -2.25. The molecule has 1 aromatic heterocycles. The molecular formula is C22H19ClF2N2O3S2. The van der Waals surface area contributed by atoms with Gasteiger partial charge in [0.2, 0.25) is 0 Å². The Balaban J connectivity index is 1.51. The fourth-order valence-electron chi connectivity index (χ4n) is 3.59. The van der Waals surface area contributed by atoms with Gasteiger partial charge in [0.05, 0.1) is 17.1 Å². The van der Waals surface area contributed by atoms with Gasteiger partial charge in [-0.3, -0.25) is 4.72 Å². The van der Waals surface area contributed by atoms with E-state index in [4.69, 9.17) is 16.3 Å². The third-order valence-electron chi connectivity index (χ3n) is 5.13. The van der Waals surface area contributed by atoms with Crippen LogP contribution in [-0.4, -0.2) is 20.0 Å². The van der Waals surface area contributed by atoms with Gasteiger partial charge in [0, 0.05) is 17.4 Å². The molecule has 0 aliphatic heterocycles. The van der Waals surface area contributed by atoms with Crippen molar-refractivity contribution in [2.75, 3.05) is 11.3 Å². The van der Waals surface area contributed by atoms with E-state index in [2.05, 4.69) is 15.8 Å². The standard InChI is InChI=1S/C22H19ClF2N2O3S2/c23-18-9-21(32(28,29)27-22-12-31-13-26-22)19(25)10-20(18)30-11-15-3-1-2-4-17(15)14-5-7-16(24)8-6-14/h4-10,12-13,15,27H,1-3,11H2. The molecule has 1 N–H and O–H groups in total. The highest BCUT2D eigenvalue weighted by molar-refractivity contribution is 7.92. The second-order valence-corrected chi connectivity index (χ2v) is 10.1. The molecule has 168 valence electrons. The van der Waals surface area contributed by atoms with E-state index in [1.807, 2.05) is 0 Å². The summed E-state index contributed by atoms with van der Waals surface area (Å²) in [6, 6.07) is 8.27. The number of sulfonamides is 1. The zero-order chi connectivity index (χ0) is 22.7. The molecule has 0 fully saturated rings. The minimum Gasteiger partial charge on any atom is -0.491 e. The van der Waals surface area contributed by atoms with E-state index in [-0.39, 0.29) is 34.9 Å². The monoisotopic (exact) mass is 496 g/mol. The highest BCUT2D eigenvalue weighted by atomic mass is 35.5. The van der Waals surface area contributed by atoms with Gasteiger partial charge in [-0.1, -0.05) is 29.8 Å². The minimum atomic E-state index is -4.20. The van der Waals surface area contributed by atoms with Crippen molar-refractivity contribution >= 4 is 44.4 Å². The van der Waals surface area contributed by atoms with Crippen LogP contribution in [0.25, 0.3) is 5.57 Å². The first kappa shape index (κ1) is 22.7. The molecule has 0 saturated heterocycles. The number of hydrogen-bond donors (Lipinski definition) is 1. The number of rotatable bonds is 7. The Morgan fingerprint density at radius 3 is 2.72 bits per heavy atom. The molecule has 0 radical (unpaired) electrons. The van der Waals surface area contributed by atoms with Gasteiger partial charge in [-0.25, -0.2) is 22.2 Å². The van der Waals surface area contributed by atoms with Crippen molar-refractivity contribution in [2.24, 2.45) is 5.92 Å². The molecule has 1 heterocycles. The van der Waals surface area contributed by atoms with Crippen molar-refractivity contribution in [1.82, 2.24) is 4.98 Å². The van der Waals surface area contributed by atoms with Crippen LogP contribution in [0.15, 0.2) is 58.3 Å². The van der Waals surface area contributed by atoms with E-state index >= 15 is 0 Å². The third kappa shape index (κ3) is 5.11. The summed E-state index contributed by atoms with van der Waals surface area (Å²) >= 11 is 7.43. The molecule has 1 atom stereocenters. The van der Waals surface area contributed by atoms with Crippen LogP contribution in [0.2, 0.25) is 5.02 Å². The maximum atomic E-state index is 14.7. The van der Waals surface area contributed by atoms with E-state index in [1.54, 1.807) is 12.1 Å². The Morgan fingerprint density at radius 1 is 1.22 bits per heavy atom. The van der Waals surface area contributed by atoms with Crippen molar-refractivity contribution in [3.8, 4) is 5.75 Å². The zero-order valence-electron chi connectivity index (χ0n) is 16.7. The minimum absolute atomic E-state index is 0.0167. The zero-order valence-corrected chi connectivity index (χ0v) is 19.1. The fourth-order valence-corrected chi connectivity index (χ4v) is 5.51. The van der Waals surface area contributed by atoms with E-state index in [0.717, 1.165) is 42.5 Å². The van der Waals surface area contributed by atoms with Crippen LogP contribution in [0.4, 0.5) is 14.6 Å². The highest BCUT2D eigenvalue weighted by Crippen LogP contribution is 2.35. The second-order valence-electron chi connectivity index (χ2n) is 7.30. The van der Waals surface area contributed by atoms with Crippen molar-refractivity contribution in [3.05, 3.63) is 75.6 Å². The molecular weight excluding hydrogens is 478 g/mol. The Morgan fingerprint density at radius 2 is 2.00 bits per heavy atom. The molecule has 0 saturated carbocycles. The van der Waals surface area contributed by atoms with E-state index in [1.165, 1.54) is 34.4 Å². The van der Waals surface area contributed by atoms with Gasteiger partial charge >= 0.3 is 0 Å². The van der Waals surface area contributed by atoms with Crippen LogP contribution < -0.4 is 9.46 Å². The first-order chi connectivity index (χ1) is 15.3. The predicted molar refractivity (Wildman–Crippen MR) is 122 cm³/mol. The molecule has 1 unspecified atom stereocenters. The normalized spacial score (nSPS) is 16.5. The quantitative estimate of drug-likeness (QED) is 0.426. The van der Waals surface area contributed by atoms with E-state index in [0.29, 0.717) is 0 Å². The van der Waals surface area contributed by atoms with Crippen LogP contribution in [-0.2, 0) is 10.0 Å². The average Bonchev–Trinajstić information content (AvgIpc) is 3.27. The number of nitrogens with one attached hydrogen (secondary N) is 1. The molecule has 5 nitrogen and oxygen atoms in total. The Bertz CT molecular complexity index is 1230. The molecule has 1 aliphatic carbocycles. The van der Waals surface area contributed by atoms with Gasteiger partial charge in [0.1, 0.15) is 22.3 Å². The largest absolute Gasteiger partial charge is 0.491 e. The van der Waals surface area contributed by atoms with Crippen molar-refractivity contribution in [3.63, 3.8) is 0 Å². The Kier molecular flexibility index (Phi) is 6.78. The van der Waals surface area contributed by atoms with Crippen LogP contribution in [0.5, 0.6) is 5.75 Å². The number of nitrogens with zero attached hydrogens (tertiary/aromatic N) is 1. The number of thiazole rings is 1. The van der Waals surface area contributed by atoms with Crippen molar-refractivity contribution < 1.29 is 21.9 Å². The highest BCUT2D eigenvalue weighted by Gasteiger charge is 2.24. The summed E-state index contributed by atoms with van der Waals surface area (Å²) in [6.07, 6.45) is 4.84. The first-order valence-electron chi connectivity index (χ1n) is 9.82. The summed E-state index contributed by atoms with van der Waals surface area (Å²) in [4.78, 5) is 3.25. The lowest BCUT2D eigenvalue weighted by molar-refractivity contribution is 0.267. The van der Waals surface area contributed by atoms with Gasteiger partial charge < -0.3 is 4.74 Å². The molecule has 0 spiro atoms. The maximum absolute atomic E-state index is 14.7. The summed E-state index contributed by atoms with van der Waals surface area (Å²) in [5, 5.41) is 1.47. The summed E-state index contributed by atoms with van der Waals surface area (Å²) in [5.41, 5.74) is 3.41. The number of hydrogen-bond acceptors (Lipinski definition) is 5. The van der Waals surface area contributed by atoms with Crippen molar-refractivity contribution in [2.45, 2.75) is 24.2 Å². The lowest BCUT2D eigenvalue weighted by atomic mass is 9.84. The van der Waals surface area contributed by atoms with Crippen LogP contribution in [0, 0.1) is 17.6 Å². The topological polar surface area (TPSA) is 68.3 Å². The number of halogens is 3. The molecule has 0 amide bonds. The average molecular weight is 497 g/mol. The molecule has 32 heavy (non-hydrogen) atoms. The number of allylic oxidation sites excluding steroid dienone is 1. The molecule has 3 aromatic rings. The van der Waals surface area contributed by atoms with E-state index in [9.17, 15) is 17.2 Å². The molecule has 2 aromatic carbocycles. The smallest absolute Gasteiger partial charge is 0.266 e. The van der Waals surface area contributed by atoms with Gasteiger partial charge in [-0.15, -0.1) is 11.3 Å². The van der Waals surface area contributed by atoms with Crippen LogP contribution in [0.3, 0.4) is 0 Å². The summed E-state index contributed by atoms with van der Waals surface area (Å²) < 4.78 is 60.9. The first-order valence-corrected chi connectivity index (χ1v) is 12.6.